The van der Waals surface area contributed by atoms with Crippen molar-refractivity contribution in [2.45, 2.75) is 50.5 Å². The molecule has 0 saturated carbocycles. The first kappa shape index (κ1) is 16.8. The molecule has 3 aliphatic rings. The number of aliphatic hydroxyl groups is 1. The molecule has 1 aliphatic carbocycles. The number of pyridine rings is 1. The van der Waals surface area contributed by atoms with E-state index < -0.39 is 11.6 Å². The third kappa shape index (κ3) is 3.37. The molecule has 0 unspecified atom stereocenters. The van der Waals surface area contributed by atoms with Crippen LogP contribution in [0.25, 0.3) is 0 Å². The standard InChI is InChI=1S/C19H27N3O3/c23-18(24)15-11-14-5-4-6-16(14)20-17(15)22-10-7-19(25,13-22)12-21-8-2-1-3-9-21/h11,25H,1-10,12-13H2,(H,23,24)/t19-/m1/s1. The molecule has 1 atom stereocenters. The van der Waals surface area contributed by atoms with Gasteiger partial charge < -0.3 is 20.0 Å². The minimum atomic E-state index is -0.927. The molecule has 1 aromatic rings. The average molecular weight is 345 g/mol. The monoisotopic (exact) mass is 345 g/mol. The Hall–Kier alpha value is -1.66. The topological polar surface area (TPSA) is 76.9 Å². The fourth-order valence-corrected chi connectivity index (χ4v) is 4.56. The van der Waals surface area contributed by atoms with Crippen molar-refractivity contribution in [3.8, 4) is 0 Å². The van der Waals surface area contributed by atoms with E-state index in [-0.39, 0.29) is 5.56 Å². The molecule has 0 bridgehead atoms. The van der Waals surface area contributed by atoms with Crippen molar-refractivity contribution in [1.82, 2.24) is 9.88 Å². The fourth-order valence-electron chi connectivity index (χ4n) is 4.56. The highest BCUT2D eigenvalue weighted by Crippen LogP contribution is 2.32. The summed E-state index contributed by atoms with van der Waals surface area (Å²) in [7, 11) is 0. The summed E-state index contributed by atoms with van der Waals surface area (Å²) in [4.78, 5) is 20.7. The molecule has 3 heterocycles. The maximum Gasteiger partial charge on any atom is 0.339 e. The van der Waals surface area contributed by atoms with Crippen LogP contribution in [0.5, 0.6) is 0 Å². The van der Waals surface area contributed by atoms with Gasteiger partial charge in [-0.05, 0) is 63.2 Å². The Morgan fingerprint density at radius 3 is 2.72 bits per heavy atom. The Morgan fingerprint density at radius 2 is 1.96 bits per heavy atom. The van der Waals surface area contributed by atoms with Gasteiger partial charge in [0.15, 0.2) is 0 Å². The first-order chi connectivity index (χ1) is 12.0. The van der Waals surface area contributed by atoms with Crippen LogP contribution in [0.4, 0.5) is 5.82 Å². The molecule has 136 valence electrons. The molecule has 6 heteroatoms. The van der Waals surface area contributed by atoms with E-state index in [0.29, 0.717) is 31.9 Å². The first-order valence-electron chi connectivity index (χ1n) is 9.50. The Morgan fingerprint density at radius 1 is 1.16 bits per heavy atom. The summed E-state index contributed by atoms with van der Waals surface area (Å²) < 4.78 is 0. The zero-order chi connectivity index (χ0) is 17.4. The number of β-amino-alcohol motifs (C(OH)–C–C–N with tert-alkyl or cyclic N) is 1. The highest BCUT2D eigenvalue weighted by atomic mass is 16.4. The number of rotatable bonds is 4. The molecule has 0 radical (unpaired) electrons. The van der Waals surface area contributed by atoms with Gasteiger partial charge in [0.25, 0.3) is 0 Å². The van der Waals surface area contributed by atoms with Crippen LogP contribution in [0.3, 0.4) is 0 Å². The zero-order valence-electron chi connectivity index (χ0n) is 14.7. The molecule has 4 rings (SSSR count). The third-order valence-corrected chi connectivity index (χ3v) is 5.86. The lowest BCUT2D eigenvalue weighted by molar-refractivity contribution is 0.0169. The second kappa shape index (κ2) is 6.57. The lowest BCUT2D eigenvalue weighted by Crippen LogP contribution is -2.47. The van der Waals surface area contributed by atoms with Gasteiger partial charge in [-0.1, -0.05) is 6.42 Å². The number of aromatic carboxylic acids is 1. The number of carboxylic acid groups (broad SMARTS) is 1. The van der Waals surface area contributed by atoms with Crippen LogP contribution in [0.2, 0.25) is 0 Å². The van der Waals surface area contributed by atoms with Crippen LogP contribution < -0.4 is 4.90 Å². The predicted molar refractivity (Wildman–Crippen MR) is 95.3 cm³/mol. The number of hydrogen-bond donors (Lipinski definition) is 2. The Labute approximate surface area is 148 Å². The van der Waals surface area contributed by atoms with E-state index in [9.17, 15) is 15.0 Å². The maximum absolute atomic E-state index is 11.7. The van der Waals surface area contributed by atoms with Crippen LogP contribution in [-0.4, -0.2) is 64.4 Å². The normalized spacial score (nSPS) is 26.8. The summed E-state index contributed by atoms with van der Waals surface area (Å²) >= 11 is 0. The number of aryl methyl sites for hydroxylation is 2. The zero-order valence-corrected chi connectivity index (χ0v) is 14.7. The van der Waals surface area contributed by atoms with Crippen LogP contribution >= 0.6 is 0 Å². The number of carboxylic acids is 1. The molecule has 0 aromatic carbocycles. The van der Waals surface area contributed by atoms with Gasteiger partial charge in [-0.25, -0.2) is 9.78 Å². The molecule has 6 nitrogen and oxygen atoms in total. The predicted octanol–water partition coefficient (Wildman–Crippen LogP) is 1.70. The van der Waals surface area contributed by atoms with E-state index in [1.54, 1.807) is 6.07 Å². The molecule has 2 fully saturated rings. The first-order valence-corrected chi connectivity index (χ1v) is 9.50. The number of carbonyl (C=O) groups is 1. The van der Waals surface area contributed by atoms with Gasteiger partial charge in [0.05, 0.1) is 5.60 Å². The van der Waals surface area contributed by atoms with Crippen molar-refractivity contribution in [2.24, 2.45) is 0 Å². The number of fused-ring (bicyclic) bond motifs is 1. The van der Waals surface area contributed by atoms with E-state index in [0.717, 1.165) is 43.6 Å². The molecule has 0 spiro atoms. The van der Waals surface area contributed by atoms with Crippen molar-refractivity contribution >= 4 is 11.8 Å². The summed E-state index contributed by atoms with van der Waals surface area (Å²) in [6.45, 7) is 3.92. The van der Waals surface area contributed by atoms with Gasteiger partial charge in [-0.3, -0.25) is 0 Å². The Balaban J connectivity index is 1.54. The van der Waals surface area contributed by atoms with Crippen molar-refractivity contribution in [1.29, 1.82) is 0 Å². The molecular weight excluding hydrogens is 318 g/mol. The largest absolute Gasteiger partial charge is 0.478 e. The van der Waals surface area contributed by atoms with Crippen molar-refractivity contribution in [3.63, 3.8) is 0 Å². The minimum absolute atomic E-state index is 0.280. The summed E-state index contributed by atoms with van der Waals surface area (Å²) in [5.74, 6) is -0.383. The van der Waals surface area contributed by atoms with E-state index in [2.05, 4.69) is 9.88 Å². The number of hydrogen-bond acceptors (Lipinski definition) is 5. The smallest absolute Gasteiger partial charge is 0.339 e. The van der Waals surface area contributed by atoms with Gasteiger partial charge in [0.2, 0.25) is 0 Å². The highest BCUT2D eigenvalue weighted by Gasteiger charge is 2.39. The Bertz CT molecular complexity index is 672. The molecule has 1 aromatic heterocycles. The number of aromatic nitrogens is 1. The summed E-state index contributed by atoms with van der Waals surface area (Å²) in [5.41, 5.74) is 1.62. The molecule has 2 saturated heterocycles. The lowest BCUT2D eigenvalue weighted by Gasteiger charge is -2.33. The summed E-state index contributed by atoms with van der Waals surface area (Å²) in [5, 5.41) is 20.7. The van der Waals surface area contributed by atoms with Gasteiger partial charge >= 0.3 is 5.97 Å². The van der Waals surface area contributed by atoms with E-state index in [1.165, 1.54) is 19.3 Å². The fraction of sp³-hybridized carbons (Fsp3) is 0.684. The van der Waals surface area contributed by atoms with Crippen LogP contribution in [0.1, 0.15) is 53.7 Å². The van der Waals surface area contributed by atoms with Crippen LogP contribution in [0.15, 0.2) is 6.07 Å². The quantitative estimate of drug-likeness (QED) is 0.865. The van der Waals surface area contributed by atoms with Crippen LogP contribution in [0, 0.1) is 0 Å². The van der Waals surface area contributed by atoms with Gasteiger partial charge in [0.1, 0.15) is 11.4 Å². The van der Waals surface area contributed by atoms with Crippen molar-refractivity contribution in [2.75, 3.05) is 37.6 Å². The molecule has 2 N–H and O–H groups in total. The minimum Gasteiger partial charge on any atom is -0.478 e. The maximum atomic E-state index is 11.7. The number of piperidine rings is 1. The Kier molecular flexibility index (Phi) is 4.41. The van der Waals surface area contributed by atoms with Crippen LogP contribution in [-0.2, 0) is 12.8 Å². The van der Waals surface area contributed by atoms with E-state index in [4.69, 9.17) is 0 Å². The molecule has 2 aliphatic heterocycles. The number of likely N-dealkylation sites (tertiary alicyclic amines) is 1. The average Bonchev–Trinajstić information content (AvgIpc) is 3.20. The SMILES string of the molecule is O=C(O)c1cc2c(nc1N1CC[C@@](O)(CN3CCCCC3)C1)CCC2. The third-order valence-electron chi connectivity index (χ3n) is 5.86. The summed E-state index contributed by atoms with van der Waals surface area (Å²) in [6.07, 6.45) is 7.24. The second-order valence-corrected chi connectivity index (χ2v) is 7.86. The van der Waals surface area contributed by atoms with E-state index >= 15 is 0 Å². The van der Waals surface area contributed by atoms with Crippen molar-refractivity contribution in [3.05, 3.63) is 22.9 Å². The van der Waals surface area contributed by atoms with Crippen molar-refractivity contribution < 1.29 is 15.0 Å². The summed E-state index contributed by atoms with van der Waals surface area (Å²) in [6, 6.07) is 1.80. The van der Waals surface area contributed by atoms with Gasteiger partial charge in [-0.15, -0.1) is 0 Å². The lowest BCUT2D eigenvalue weighted by atomic mass is 10.0. The second-order valence-electron chi connectivity index (χ2n) is 7.86. The van der Waals surface area contributed by atoms with Gasteiger partial charge in [-0.2, -0.15) is 0 Å². The number of anilines is 1. The number of nitrogens with zero attached hydrogens (tertiary/aromatic N) is 3. The van der Waals surface area contributed by atoms with Gasteiger partial charge in [0, 0.05) is 25.3 Å². The van der Waals surface area contributed by atoms with E-state index in [1.807, 2.05) is 4.90 Å². The molecular formula is C19H27N3O3. The molecule has 0 amide bonds. The molecule has 25 heavy (non-hydrogen) atoms. The highest BCUT2D eigenvalue weighted by molar-refractivity contribution is 5.93.